The van der Waals surface area contributed by atoms with Gasteiger partial charge in [0.25, 0.3) is 0 Å². The number of nitrogens with zero attached hydrogens (tertiary/aromatic N) is 7. The number of hydrogen-bond donors (Lipinski definition) is 1. The van der Waals surface area contributed by atoms with Crippen molar-refractivity contribution in [2.75, 3.05) is 63.8 Å². The van der Waals surface area contributed by atoms with Gasteiger partial charge in [0.15, 0.2) is 5.65 Å². The Balaban J connectivity index is 1.21. The van der Waals surface area contributed by atoms with Gasteiger partial charge in [-0.05, 0) is 37.6 Å². The first-order chi connectivity index (χ1) is 21.3. The van der Waals surface area contributed by atoms with Gasteiger partial charge in [-0.15, -0.1) is 0 Å². The fraction of sp³-hybridized carbons (Fsp3) is 0.594. The molecule has 0 bridgehead atoms. The third kappa shape index (κ3) is 6.86. The van der Waals surface area contributed by atoms with Gasteiger partial charge in [-0.1, -0.05) is 26.0 Å². The maximum absolute atomic E-state index is 14.2. The van der Waals surface area contributed by atoms with Crippen LogP contribution in [0.3, 0.4) is 0 Å². The number of pyridine rings is 1. The molecule has 0 spiro atoms. The number of nitrogens with one attached hydrogen (secondary N) is 1. The van der Waals surface area contributed by atoms with E-state index in [4.69, 9.17) is 0 Å². The van der Waals surface area contributed by atoms with Crippen LogP contribution in [0.15, 0.2) is 36.7 Å². The number of alkyl halides is 3. The lowest BCUT2D eigenvalue weighted by Gasteiger charge is -2.45. The standard InChI is InChI=1S/C32H42F4N8O/c1-21-14-42(26(13-37-21)16-41-10-9-40(15-22(41)2)19-32(34,35)36)17-28(45)43-18-31(3,4)29-27(43)12-24(30-38-20-39-44(29)30)11-23-5-7-25(33)8-6-23/h5-8,12,20-22,26,37H,9-11,13-19H2,1-4H3/t21-,22-,26-/m1/s1. The van der Waals surface area contributed by atoms with E-state index in [2.05, 4.69) is 46.0 Å². The van der Waals surface area contributed by atoms with Crippen molar-refractivity contribution in [1.29, 1.82) is 0 Å². The minimum Gasteiger partial charge on any atom is -0.311 e. The van der Waals surface area contributed by atoms with Crippen molar-refractivity contribution in [3.63, 3.8) is 0 Å². The number of rotatable bonds is 7. The van der Waals surface area contributed by atoms with Gasteiger partial charge in [0.05, 0.1) is 24.5 Å². The van der Waals surface area contributed by atoms with E-state index in [1.807, 2.05) is 22.4 Å². The highest BCUT2D eigenvalue weighted by Crippen LogP contribution is 2.42. The SMILES string of the molecule is C[C@@H]1CN(CC(=O)N2CC(C)(C)c3c2cc(Cc2ccc(F)cc2)c2ncnn32)[C@@H](CN2CCN(CC(F)(F)F)C[C@H]2C)CN1. The second-order valence-corrected chi connectivity index (χ2v) is 13.7. The van der Waals surface area contributed by atoms with Crippen LogP contribution in [-0.4, -0.2) is 118 Å². The molecule has 2 saturated heterocycles. The van der Waals surface area contributed by atoms with Crippen LogP contribution in [-0.2, 0) is 16.6 Å². The topological polar surface area (TPSA) is 72.3 Å². The lowest BCUT2D eigenvalue weighted by atomic mass is 9.90. The summed E-state index contributed by atoms with van der Waals surface area (Å²) in [5, 5.41) is 8.08. The third-order valence-electron chi connectivity index (χ3n) is 9.46. The van der Waals surface area contributed by atoms with Crippen LogP contribution in [0.2, 0.25) is 0 Å². The smallest absolute Gasteiger partial charge is 0.311 e. The van der Waals surface area contributed by atoms with E-state index < -0.39 is 12.7 Å². The van der Waals surface area contributed by atoms with Crippen LogP contribution < -0.4 is 10.2 Å². The molecule has 5 heterocycles. The average Bonchev–Trinajstić information content (AvgIpc) is 3.54. The molecular formula is C32H42F4N8O. The Morgan fingerprint density at radius 1 is 1.09 bits per heavy atom. The number of carbonyl (C=O) groups excluding carboxylic acids is 1. The Bertz CT molecular complexity index is 1520. The number of aromatic nitrogens is 3. The predicted octanol–water partition coefficient (Wildman–Crippen LogP) is 3.31. The highest BCUT2D eigenvalue weighted by atomic mass is 19.4. The molecule has 3 atom stereocenters. The third-order valence-corrected chi connectivity index (χ3v) is 9.46. The summed E-state index contributed by atoms with van der Waals surface area (Å²) in [5.41, 5.74) is 3.94. The minimum absolute atomic E-state index is 0.00355. The molecule has 2 aromatic heterocycles. The van der Waals surface area contributed by atoms with Crippen LogP contribution >= 0.6 is 0 Å². The molecule has 45 heavy (non-hydrogen) atoms. The minimum atomic E-state index is -4.20. The molecule has 1 N–H and O–H groups in total. The summed E-state index contributed by atoms with van der Waals surface area (Å²) in [6, 6.07) is 8.66. The normalized spacial score (nSPS) is 24.8. The zero-order valence-electron chi connectivity index (χ0n) is 26.3. The van der Waals surface area contributed by atoms with E-state index in [9.17, 15) is 22.4 Å². The van der Waals surface area contributed by atoms with Crippen molar-refractivity contribution in [2.45, 2.75) is 63.8 Å². The fourth-order valence-electron chi connectivity index (χ4n) is 7.27. The molecule has 1 aromatic carbocycles. The summed E-state index contributed by atoms with van der Waals surface area (Å²) in [6.45, 7) is 11.5. The van der Waals surface area contributed by atoms with Gasteiger partial charge in [-0.3, -0.25) is 19.5 Å². The van der Waals surface area contributed by atoms with Crippen LogP contribution in [0.5, 0.6) is 0 Å². The van der Waals surface area contributed by atoms with Crippen molar-refractivity contribution in [3.05, 3.63) is 59.3 Å². The zero-order chi connectivity index (χ0) is 32.1. The van der Waals surface area contributed by atoms with E-state index >= 15 is 0 Å². The Labute approximate surface area is 261 Å². The monoisotopic (exact) mass is 630 g/mol. The summed E-state index contributed by atoms with van der Waals surface area (Å²) in [5.74, 6) is -0.297. The van der Waals surface area contributed by atoms with Crippen LogP contribution in [0.1, 0.15) is 44.5 Å². The molecule has 0 saturated carbocycles. The molecule has 3 aromatic rings. The summed E-state index contributed by atoms with van der Waals surface area (Å²) in [4.78, 5) is 26.6. The first-order valence-corrected chi connectivity index (χ1v) is 15.7. The number of piperazine rings is 2. The van der Waals surface area contributed by atoms with Gasteiger partial charge in [0, 0.05) is 81.3 Å². The zero-order valence-corrected chi connectivity index (χ0v) is 26.3. The molecule has 9 nitrogen and oxygen atoms in total. The summed E-state index contributed by atoms with van der Waals surface area (Å²) in [7, 11) is 0. The van der Waals surface area contributed by atoms with E-state index in [-0.39, 0.29) is 41.8 Å². The van der Waals surface area contributed by atoms with Gasteiger partial charge in [-0.2, -0.15) is 18.3 Å². The molecule has 3 aliphatic heterocycles. The van der Waals surface area contributed by atoms with E-state index in [1.165, 1.54) is 23.4 Å². The van der Waals surface area contributed by atoms with Gasteiger partial charge in [-0.25, -0.2) is 13.9 Å². The van der Waals surface area contributed by atoms with Crippen molar-refractivity contribution >= 4 is 17.2 Å². The molecule has 2 fully saturated rings. The van der Waals surface area contributed by atoms with Crippen molar-refractivity contribution in [1.82, 2.24) is 34.6 Å². The average molecular weight is 631 g/mol. The fourth-order valence-corrected chi connectivity index (χ4v) is 7.27. The Morgan fingerprint density at radius 3 is 2.56 bits per heavy atom. The number of hydrogen-bond acceptors (Lipinski definition) is 7. The largest absolute Gasteiger partial charge is 0.401 e. The van der Waals surface area contributed by atoms with E-state index in [0.717, 1.165) is 28.2 Å². The summed E-state index contributed by atoms with van der Waals surface area (Å²) in [6.07, 6.45) is -2.16. The molecular weight excluding hydrogens is 588 g/mol. The van der Waals surface area contributed by atoms with Gasteiger partial charge in [0.1, 0.15) is 12.1 Å². The highest BCUT2D eigenvalue weighted by Gasteiger charge is 2.43. The quantitative estimate of drug-likeness (QED) is 0.402. The van der Waals surface area contributed by atoms with Gasteiger partial charge >= 0.3 is 6.18 Å². The molecule has 0 aliphatic carbocycles. The Morgan fingerprint density at radius 2 is 1.84 bits per heavy atom. The summed E-state index contributed by atoms with van der Waals surface area (Å²) < 4.78 is 54.4. The number of carbonyl (C=O) groups is 1. The highest BCUT2D eigenvalue weighted by molar-refractivity contribution is 5.97. The molecule has 6 rings (SSSR count). The molecule has 0 unspecified atom stereocenters. The first-order valence-electron chi connectivity index (χ1n) is 15.7. The molecule has 244 valence electrons. The predicted molar refractivity (Wildman–Crippen MR) is 164 cm³/mol. The maximum atomic E-state index is 14.2. The molecule has 0 radical (unpaired) electrons. The number of amides is 1. The Hall–Kier alpha value is -3.13. The van der Waals surface area contributed by atoms with Crippen molar-refractivity contribution < 1.29 is 22.4 Å². The molecule has 13 heteroatoms. The molecule has 1 amide bonds. The van der Waals surface area contributed by atoms with Crippen LogP contribution in [0, 0.1) is 5.82 Å². The number of anilines is 1. The van der Waals surface area contributed by atoms with Crippen molar-refractivity contribution in [2.24, 2.45) is 0 Å². The Kier molecular flexibility index (Phi) is 8.66. The van der Waals surface area contributed by atoms with E-state index in [1.54, 1.807) is 12.1 Å². The van der Waals surface area contributed by atoms with Gasteiger partial charge < -0.3 is 10.2 Å². The summed E-state index contributed by atoms with van der Waals surface area (Å²) >= 11 is 0. The van der Waals surface area contributed by atoms with Crippen LogP contribution in [0.25, 0.3) is 5.65 Å². The second-order valence-electron chi connectivity index (χ2n) is 13.7. The molecule has 3 aliphatic rings. The number of benzene rings is 1. The van der Waals surface area contributed by atoms with Crippen molar-refractivity contribution in [3.8, 4) is 0 Å². The second kappa shape index (κ2) is 12.2. The first kappa shape index (κ1) is 31.8. The lowest BCUT2D eigenvalue weighted by molar-refractivity contribution is -0.151. The van der Waals surface area contributed by atoms with Gasteiger partial charge in [0.2, 0.25) is 5.91 Å². The number of fused-ring (bicyclic) bond motifs is 3. The lowest BCUT2D eigenvalue weighted by Crippen LogP contribution is -2.63. The van der Waals surface area contributed by atoms with Crippen LogP contribution in [0.4, 0.5) is 23.2 Å². The van der Waals surface area contributed by atoms with E-state index in [0.29, 0.717) is 52.2 Å². The maximum Gasteiger partial charge on any atom is 0.401 e. The number of halogens is 4.